The first-order valence-electron chi connectivity index (χ1n) is 7.93. The summed E-state index contributed by atoms with van der Waals surface area (Å²) in [5.74, 6) is -1.17. The number of nitrogens with one attached hydrogen (secondary N) is 2. The van der Waals surface area contributed by atoms with Gasteiger partial charge in [0.25, 0.3) is 0 Å². The fourth-order valence-electron chi connectivity index (χ4n) is 2.60. The van der Waals surface area contributed by atoms with Gasteiger partial charge < -0.3 is 10.6 Å². The Morgan fingerprint density at radius 3 is 2.56 bits per heavy atom. The molecule has 0 aliphatic rings. The molecule has 0 saturated heterocycles. The van der Waals surface area contributed by atoms with E-state index in [1.165, 1.54) is 12.1 Å². The van der Waals surface area contributed by atoms with Gasteiger partial charge in [-0.3, -0.25) is 4.68 Å². The molecular formula is C18H13ClF2N6. The molecule has 2 N–H and O–H groups in total. The number of hydrogen-bond donors (Lipinski definition) is 2. The molecule has 0 amide bonds. The average molecular weight is 387 g/mol. The Morgan fingerprint density at radius 1 is 0.963 bits per heavy atom. The minimum atomic E-state index is -0.668. The van der Waals surface area contributed by atoms with E-state index in [1.54, 1.807) is 10.9 Å². The van der Waals surface area contributed by atoms with Crippen molar-refractivity contribution in [3.8, 4) is 0 Å². The summed E-state index contributed by atoms with van der Waals surface area (Å²) in [6, 6.07) is 9.70. The van der Waals surface area contributed by atoms with Crippen molar-refractivity contribution < 1.29 is 8.78 Å². The third-order valence-electron chi connectivity index (χ3n) is 3.93. The second-order valence-corrected chi connectivity index (χ2v) is 6.22. The summed E-state index contributed by atoms with van der Waals surface area (Å²) in [6.07, 6.45) is 2.78. The normalized spacial score (nSPS) is 11.0. The zero-order valence-electron chi connectivity index (χ0n) is 14.0. The fourth-order valence-corrected chi connectivity index (χ4v) is 2.71. The number of benzene rings is 2. The van der Waals surface area contributed by atoms with Gasteiger partial charge in [-0.05, 0) is 36.4 Å². The standard InChI is InChI=1S/C18H13ClF2N6/c1-27-16-5-3-11(6-10(16)8-23-27)25-18-22-9-15(21)17(26-18)24-12-2-4-13(19)14(20)7-12/h2-9H,1H3,(H2,22,24,25,26). The van der Waals surface area contributed by atoms with Crippen LogP contribution in [0.2, 0.25) is 5.02 Å². The number of nitrogens with zero attached hydrogens (tertiary/aromatic N) is 4. The third kappa shape index (κ3) is 3.52. The lowest BCUT2D eigenvalue weighted by Gasteiger charge is -2.10. The van der Waals surface area contributed by atoms with Crippen molar-refractivity contribution in [1.82, 2.24) is 19.7 Å². The molecular weight excluding hydrogens is 374 g/mol. The largest absolute Gasteiger partial charge is 0.338 e. The van der Waals surface area contributed by atoms with Crippen LogP contribution in [0.1, 0.15) is 0 Å². The van der Waals surface area contributed by atoms with Gasteiger partial charge in [-0.2, -0.15) is 10.1 Å². The van der Waals surface area contributed by atoms with E-state index in [9.17, 15) is 8.78 Å². The van der Waals surface area contributed by atoms with Crippen LogP contribution < -0.4 is 10.6 Å². The molecule has 6 nitrogen and oxygen atoms in total. The van der Waals surface area contributed by atoms with Crippen LogP contribution in [-0.2, 0) is 7.05 Å². The lowest BCUT2D eigenvalue weighted by atomic mass is 10.2. The summed E-state index contributed by atoms with van der Waals surface area (Å²) in [5, 5.41) is 10.9. The Balaban J connectivity index is 1.59. The highest BCUT2D eigenvalue weighted by atomic mass is 35.5. The maximum absolute atomic E-state index is 14.0. The first kappa shape index (κ1) is 17.2. The number of anilines is 4. The Labute approximate surface area is 157 Å². The van der Waals surface area contributed by atoms with Crippen molar-refractivity contribution in [2.45, 2.75) is 0 Å². The van der Waals surface area contributed by atoms with E-state index in [0.717, 1.165) is 28.9 Å². The van der Waals surface area contributed by atoms with Crippen LogP contribution in [0.15, 0.2) is 48.8 Å². The Hall–Kier alpha value is -3.26. The highest BCUT2D eigenvalue weighted by Crippen LogP contribution is 2.25. The smallest absolute Gasteiger partial charge is 0.229 e. The number of rotatable bonds is 4. The van der Waals surface area contributed by atoms with E-state index in [4.69, 9.17) is 11.6 Å². The summed E-state index contributed by atoms with van der Waals surface area (Å²) >= 11 is 5.65. The summed E-state index contributed by atoms with van der Waals surface area (Å²) < 4.78 is 29.4. The SMILES string of the molecule is Cn1ncc2cc(Nc3ncc(F)c(Nc4ccc(Cl)c(F)c4)n3)ccc21. The molecule has 0 bridgehead atoms. The van der Waals surface area contributed by atoms with Crippen molar-refractivity contribution in [2.24, 2.45) is 7.05 Å². The topological polar surface area (TPSA) is 67.7 Å². The minimum absolute atomic E-state index is 0.0168. The summed E-state index contributed by atoms with van der Waals surface area (Å²) in [7, 11) is 1.86. The quantitative estimate of drug-likeness (QED) is 0.528. The lowest BCUT2D eigenvalue weighted by Crippen LogP contribution is -2.03. The van der Waals surface area contributed by atoms with Gasteiger partial charge in [0.05, 0.1) is 22.9 Å². The minimum Gasteiger partial charge on any atom is -0.338 e. The van der Waals surface area contributed by atoms with Gasteiger partial charge in [-0.1, -0.05) is 11.6 Å². The van der Waals surface area contributed by atoms with Gasteiger partial charge in [0.2, 0.25) is 5.95 Å². The molecule has 2 aromatic carbocycles. The van der Waals surface area contributed by atoms with Gasteiger partial charge in [0, 0.05) is 23.8 Å². The van der Waals surface area contributed by atoms with Crippen molar-refractivity contribution in [3.05, 3.63) is 65.4 Å². The lowest BCUT2D eigenvalue weighted by molar-refractivity contribution is 0.618. The second kappa shape index (κ2) is 6.81. The van der Waals surface area contributed by atoms with Gasteiger partial charge in [0.1, 0.15) is 5.82 Å². The van der Waals surface area contributed by atoms with Crippen molar-refractivity contribution in [3.63, 3.8) is 0 Å². The molecule has 4 rings (SSSR count). The van der Waals surface area contributed by atoms with E-state index in [1.807, 2.05) is 25.2 Å². The van der Waals surface area contributed by atoms with Crippen LogP contribution in [-0.4, -0.2) is 19.7 Å². The van der Waals surface area contributed by atoms with Crippen molar-refractivity contribution >= 4 is 45.6 Å². The molecule has 136 valence electrons. The average Bonchev–Trinajstić information content (AvgIpc) is 3.01. The van der Waals surface area contributed by atoms with Gasteiger partial charge in [-0.15, -0.1) is 0 Å². The van der Waals surface area contributed by atoms with Crippen LogP contribution in [0.25, 0.3) is 10.9 Å². The molecule has 0 fully saturated rings. The Bertz CT molecular complexity index is 1140. The van der Waals surface area contributed by atoms with Crippen LogP contribution in [0, 0.1) is 11.6 Å². The monoisotopic (exact) mass is 386 g/mol. The summed E-state index contributed by atoms with van der Waals surface area (Å²) in [6.45, 7) is 0. The molecule has 0 aliphatic heterocycles. The van der Waals surface area contributed by atoms with Crippen molar-refractivity contribution in [1.29, 1.82) is 0 Å². The maximum atomic E-state index is 14.0. The zero-order valence-corrected chi connectivity index (χ0v) is 14.8. The predicted octanol–water partition coefficient (Wildman–Crippen LogP) is 4.78. The number of fused-ring (bicyclic) bond motifs is 1. The molecule has 0 radical (unpaired) electrons. The Morgan fingerprint density at radius 2 is 1.74 bits per heavy atom. The van der Waals surface area contributed by atoms with Gasteiger partial charge in [-0.25, -0.2) is 13.8 Å². The highest BCUT2D eigenvalue weighted by molar-refractivity contribution is 6.30. The van der Waals surface area contributed by atoms with Crippen LogP contribution in [0.5, 0.6) is 0 Å². The molecule has 0 spiro atoms. The van der Waals surface area contributed by atoms with E-state index >= 15 is 0 Å². The summed E-state index contributed by atoms with van der Waals surface area (Å²) in [5.41, 5.74) is 2.02. The number of aryl methyl sites for hydroxylation is 1. The number of hydrogen-bond acceptors (Lipinski definition) is 5. The summed E-state index contributed by atoms with van der Waals surface area (Å²) in [4.78, 5) is 8.06. The number of halogens is 3. The van der Waals surface area contributed by atoms with Crippen molar-refractivity contribution in [2.75, 3.05) is 10.6 Å². The molecule has 4 aromatic rings. The van der Waals surface area contributed by atoms with Gasteiger partial charge >= 0.3 is 0 Å². The fraction of sp³-hybridized carbons (Fsp3) is 0.0556. The molecule has 9 heteroatoms. The molecule has 0 saturated carbocycles. The molecule has 0 aliphatic carbocycles. The first-order chi connectivity index (χ1) is 13.0. The molecule has 2 aromatic heterocycles. The van der Waals surface area contributed by atoms with Gasteiger partial charge in [0.15, 0.2) is 11.6 Å². The van der Waals surface area contributed by atoms with Crippen LogP contribution in [0.3, 0.4) is 0 Å². The predicted molar refractivity (Wildman–Crippen MR) is 101 cm³/mol. The maximum Gasteiger partial charge on any atom is 0.229 e. The highest BCUT2D eigenvalue weighted by Gasteiger charge is 2.10. The molecule has 0 atom stereocenters. The third-order valence-corrected chi connectivity index (χ3v) is 4.24. The Kier molecular flexibility index (Phi) is 4.33. The second-order valence-electron chi connectivity index (χ2n) is 5.81. The van der Waals surface area contributed by atoms with E-state index < -0.39 is 11.6 Å². The molecule has 0 unspecified atom stereocenters. The van der Waals surface area contributed by atoms with E-state index in [2.05, 4.69) is 25.7 Å². The van der Waals surface area contributed by atoms with Crippen LogP contribution in [0.4, 0.5) is 31.9 Å². The molecule has 2 heterocycles. The zero-order chi connectivity index (χ0) is 19.0. The van der Waals surface area contributed by atoms with Crippen LogP contribution >= 0.6 is 11.6 Å². The number of aromatic nitrogens is 4. The van der Waals surface area contributed by atoms with E-state index in [-0.39, 0.29) is 16.8 Å². The van der Waals surface area contributed by atoms with E-state index in [0.29, 0.717) is 5.69 Å². The molecule has 27 heavy (non-hydrogen) atoms. The first-order valence-corrected chi connectivity index (χ1v) is 8.31.